The van der Waals surface area contributed by atoms with Crippen LogP contribution in [0.5, 0.6) is 0 Å². The Labute approximate surface area is 156 Å². The van der Waals surface area contributed by atoms with E-state index in [9.17, 15) is 18.0 Å². The van der Waals surface area contributed by atoms with Crippen molar-refractivity contribution in [3.05, 3.63) is 41.7 Å². The number of nitrogens with one attached hydrogen (secondary N) is 1. The first-order valence-corrected chi connectivity index (χ1v) is 9.74. The molecule has 27 heavy (non-hydrogen) atoms. The average Bonchev–Trinajstić information content (AvgIpc) is 3.21. The molecular formula is C17H20N4O5S. The number of likely N-dealkylation sites (tertiary alicyclic amines) is 1. The van der Waals surface area contributed by atoms with Crippen molar-refractivity contribution in [2.75, 3.05) is 17.8 Å². The third-order valence-corrected chi connectivity index (χ3v) is 5.97. The lowest BCUT2D eigenvalue weighted by molar-refractivity contribution is -0.126. The third kappa shape index (κ3) is 3.80. The van der Waals surface area contributed by atoms with Gasteiger partial charge in [-0.3, -0.25) is 14.3 Å². The van der Waals surface area contributed by atoms with E-state index in [1.54, 1.807) is 13.8 Å². The van der Waals surface area contributed by atoms with Gasteiger partial charge < -0.3 is 15.2 Å². The van der Waals surface area contributed by atoms with Crippen LogP contribution in [0.25, 0.3) is 0 Å². The molecule has 2 aromatic rings. The summed E-state index contributed by atoms with van der Waals surface area (Å²) in [5, 5.41) is 3.60. The number of rotatable bonds is 5. The van der Waals surface area contributed by atoms with Crippen LogP contribution < -0.4 is 10.5 Å². The van der Waals surface area contributed by atoms with Crippen LogP contribution in [-0.4, -0.2) is 43.4 Å². The van der Waals surface area contributed by atoms with Crippen LogP contribution in [0.3, 0.4) is 0 Å². The molecule has 0 spiro atoms. The minimum absolute atomic E-state index is 0.0565. The maximum Gasteiger partial charge on any atom is 0.263 e. The molecule has 1 unspecified atom stereocenters. The van der Waals surface area contributed by atoms with Crippen molar-refractivity contribution in [1.29, 1.82) is 0 Å². The summed E-state index contributed by atoms with van der Waals surface area (Å²) in [7, 11) is -3.93. The normalized spacial score (nSPS) is 19.9. The summed E-state index contributed by atoms with van der Waals surface area (Å²) in [6.45, 7) is 3.94. The highest BCUT2D eigenvalue weighted by atomic mass is 32.2. The predicted molar refractivity (Wildman–Crippen MR) is 96.3 cm³/mol. The quantitative estimate of drug-likeness (QED) is 0.783. The van der Waals surface area contributed by atoms with E-state index in [-0.39, 0.29) is 28.7 Å². The zero-order valence-electron chi connectivity index (χ0n) is 14.9. The Bertz CT molecular complexity index is 1000. The van der Waals surface area contributed by atoms with Crippen LogP contribution >= 0.6 is 0 Å². The summed E-state index contributed by atoms with van der Waals surface area (Å²) >= 11 is 0. The van der Waals surface area contributed by atoms with E-state index in [2.05, 4.69) is 9.88 Å². The van der Waals surface area contributed by atoms with Gasteiger partial charge in [0.25, 0.3) is 15.9 Å². The predicted octanol–water partition coefficient (Wildman–Crippen LogP) is 1.12. The highest BCUT2D eigenvalue weighted by Crippen LogP contribution is 2.30. The van der Waals surface area contributed by atoms with Crippen LogP contribution in [-0.2, 0) is 14.8 Å². The Morgan fingerprint density at radius 2 is 2.07 bits per heavy atom. The fraction of sp³-hybridized carbons (Fsp3) is 0.353. The summed E-state index contributed by atoms with van der Waals surface area (Å²) in [5.41, 5.74) is 4.85. The number of aromatic nitrogens is 1. The molecule has 2 heterocycles. The van der Waals surface area contributed by atoms with Gasteiger partial charge in [-0.15, -0.1) is 0 Å². The molecule has 0 saturated carbocycles. The van der Waals surface area contributed by atoms with E-state index < -0.39 is 21.3 Å². The largest absolute Gasteiger partial charge is 0.369 e. The summed E-state index contributed by atoms with van der Waals surface area (Å²) < 4.78 is 32.2. The number of hydrogen-bond donors (Lipinski definition) is 2. The highest BCUT2D eigenvalue weighted by Gasteiger charge is 2.40. The van der Waals surface area contributed by atoms with Gasteiger partial charge in [-0.2, -0.15) is 0 Å². The number of anilines is 1. The zero-order valence-corrected chi connectivity index (χ0v) is 15.7. The number of hydrogen-bond acceptors (Lipinski definition) is 6. The van der Waals surface area contributed by atoms with Crippen molar-refractivity contribution in [1.82, 2.24) is 10.1 Å². The fourth-order valence-corrected chi connectivity index (χ4v) is 3.95. The fourth-order valence-electron chi connectivity index (χ4n) is 2.93. The molecule has 1 aliphatic rings. The van der Waals surface area contributed by atoms with Gasteiger partial charge in [0.15, 0.2) is 5.82 Å². The lowest BCUT2D eigenvalue weighted by atomic mass is 9.89. The second-order valence-corrected chi connectivity index (χ2v) is 8.54. The minimum atomic E-state index is -3.93. The van der Waals surface area contributed by atoms with Gasteiger partial charge in [-0.05, 0) is 38.5 Å². The summed E-state index contributed by atoms with van der Waals surface area (Å²) in [6.07, 6.45) is 0.471. The number of nitrogens with two attached hydrogens (primary N) is 1. The molecule has 1 aliphatic heterocycles. The number of amides is 2. The smallest absolute Gasteiger partial charge is 0.263 e. The number of sulfonamides is 1. The van der Waals surface area contributed by atoms with Crippen molar-refractivity contribution in [2.45, 2.75) is 25.2 Å². The average molecular weight is 392 g/mol. The first-order valence-electron chi connectivity index (χ1n) is 8.26. The van der Waals surface area contributed by atoms with Crippen molar-refractivity contribution >= 4 is 27.7 Å². The van der Waals surface area contributed by atoms with Gasteiger partial charge in [0, 0.05) is 24.7 Å². The number of carbonyl (C=O) groups excluding carboxylic acids is 2. The molecule has 1 aromatic carbocycles. The second-order valence-electron chi connectivity index (χ2n) is 6.86. The van der Waals surface area contributed by atoms with E-state index in [0.29, 0.717) is 18.7 Å². The van der Waals surface area contributed by atoms with Crippen LogP contribution in [0.15, 0.2) is 39.8 Å². The standard InChI is InChI=1S/C17H20N4O5S/c1-11-8-14(19-26-11)20-27(24,25)13-5-3-4-12(9-13)15(22)21-7-6-17(2,10-21)16(18)23/h3-5,8-9H,6-7,10H2,1-2H3,(H2,18,23)(H,19,20). The van der Waals surface area contributed by atoms with Gasteiger partial charge in [-0.25, -0.2) is 8.42 Å². The third-order valence-electron chi connectivity index (χ3n) is 4.61. The number of aryl methyl sites for hydroxylation is 1. The van der Waals surface area contributed by atoms with Gasteiger partial charge in [0.1, 0.15) is 5.76 Å². The van der Waals surface area contributed by atoms with Crippen molar-refractivity contribution in [3.8, 4) is 0 Å². The first kappa shape index (κ1) is 18.9. The summed E-state index contributed by atoms with van der Waals surface area (Å²) in [5.74, 6) is -0.292. The summed E-state index contributed by atoms with van der Waals surface area (Å²) in [4.78, 5) is 25.7. The van der Waals surface area contributed by atoms with Crippen LogP contribution in [0, 0.1) is 12.3 Å². The van der Waals surface area contributed by atoms with Crippen LogP contribution in [0.1, 0.15) is 29.5 Å². The SMILES string of the molecule is Cc1cc(NS(=O)(=O)c2cccc(C(=O)N3CCC(C)(C(N)=O)C3)c2)no1. The van der Waals surface area contributed by atoms with E-state index >= 15 is 0 Å². The topological polar surface area (TPSA) is 136 Å². The molecule has 3 rings (SSSR count). The molecule has 144 valence electrons. The van der Waals surface area contributed by atoms with E-state index in [1.165, 1.54) is 35.2 Å². The molecule has 2 amide bonds. The van der Waals surface area contributed by atoms with Crippen molar-refractivity contribution in [2.24, 2.45) is 11.1 Å². The molecule has 0 radical (unpaired) electrons. The molecule has 1 aromatic heterocycles. The lowest BCUT2D eigenvalue weighted by Gasteiger charge is -2.21. The molecule has 9 nitrogen and oxygen atoms in total. The van der Waals surface area contributed by atoms with Gasteiger partial charge in [0.2, 0.25) is 5.91 Å². The maximum absolute atomic E-state index is 12.7. The zero-order chi connectivity index (χ0) is 19.8. The molecule has 1 saturated heterocycles. The molecule has 0 bridgehead atoms. The lowest BCUT2D eigenvalue weighted by Crippen LogP contribution is -2.38. The van der Waals surface area contributed by atoms with Gasteiger partial charge in [-0.1, -0.05) is 11.2 Å². The maximum atomic E-state index is 12.7. The second kappa shape index (κ2) is 6.69. The monoisotopic (exact) mass is 392 g/mol. The van der Waals surface area contributed by atoms with E-state index in [1.807, 2.05) is 0 Å². The first-order chi connectivity index (χ1) is 12.6. The number of primary amides is 1. The van der Waals surface area contributed by atoms with Gasteiger partial charge >= 0.3 is 0 Å². The molecule has 1 fully saturated rings. The molecule has 10 heteroatoms. The Morgan fingerprint density at radius 3 is 2.67 bits per heavy atom. The van der Waals surface area contributed by atoms with Gasteiger partial charge in [0.05, 0.1) is 10.3 Å². The van der Waals surface area contributed by atoms with Crippen molar-refractivity contribution in [3.63, 3.8) is 0 Å². The highest BCUT2D eigenvalue weighted by molar-refractivity contribution is 7.92. The van der Waals surface area contributed by atoms with E-state index in [0.717, 1.165) is 0 Å². The van der Waals surface area contributed by atoms with Crippen molar-refractivity contribution < 1.29 is 22.5 Å². The Morgan fingerprint density at radius 1 is 1.33 bits per heavy atom. The van der Waals surface area contributed by atoms with Crippen LogP contribution in [0.2, 0.25) is 0 Å². The molecular weight excluding hydrogens is 372 g/mol. The Balaban J connectivity index is 1.81. The number of benzene rings is 1. The Hall–Kier alpha value is -2.88. The Kier molecular flexibility index (Phi) is 4.68. The molecule has 3 N–H and O–H groups in total. The number of nitrogens with zero attached hydrogens (tertiary/aromatic N) is 2. The minimum Gasteiger partial charge on any atom is -0.369 e. The van der Waals surface area contributed by atoms with E-state index in [4.69, 9.17) is 10.3 Å². The number of carbonyl (C=O) groups is 2. The molecule has 0 aliphatic carbocycles. The molecule has 1 atom stereocenters. The summed E-state index contributed by atoms with van der Waals surface area (Å²) in [6, 6.07) is 7.13. The van der Waals surface area contributed by atoms with Crippen LogP contribution in [0.4, 0.5) is 5.82 Å².